The minimum atomic E-state index is -0.560. The van der Waals surface area contributed by atoms with E-state index in [1.54, 1.807) is 24.3 Å². The molecular weight excluding hydrogens is 321 g/mol. The number of rotatable bonds is 2. The molecule has 0 atom stereocenters. The summed E-state index contributed by atoms with van der Waals surface area (Å²) in [5.41, 5.74) is 2.60. The molecule has 3 nitrogen and oxygen atoms in total. The number of carbonyl (C=O) groups is 1. The average molecular weight is 332 g/mol. The molecule has 1 heterocycles. The molecule has 0 unspecified atom stereocenters. The van der Waals surface area contributed by atoms with E-state index >= 15 is 0 Å². The fraction of sp³-hybridized carbons (Fsp3) is 0.0588. The maximum absolute atomic E-state index is 12.0. The number of benzene rings is 2. The molecule has 0 radical (unpaired) electrons. The predicted molar refractivity (Wildman–Crippen MR) is 88.0 cm³/mol. The van der Waals surface area contributed by atoms with Crippen molar-refractivity contribution < 1.29 is 9.53 Å². The molecule has 0 fully saturated rings. The van der Waals surface area contributed by atoms with Crippen LogP contribution in [0, 0.1) is 6.92 Å². The quantitative estimate of drug-likeness (QED) is 0.597. The number of carbonyl (C=O) groups excluding carboxylic acids is 1. The lowest BCUT2D eigenvalue weighted by Crippen LogP contribution is -2.05. The summed E-state index contributed by atoms with van der Waals surface area (Å²) in [6.07, 6.45) is 0. The van der Waals surface area contributed by atoms with Crippen LogP contribution in [0.25, 0.3) is 5.03 Å². The lowest BCUT2D eigenvalue weighted by molar-refractivity contribution is -0.129. The normalized spacial score (nSPS) is 16.3. The van der Waals surface area contributed by atoms with Gasteiger partial charge in [0.15, 0.2) is 5.70 Å². The molecule has 0 saturated heterocycles. The Morgan fingerprint density at radius 1 is 1.05 bits per heavy atom. The average Bonchev–Trinajstić information content (AvgIpc) is 2.90. The molecule has 0 spiro atoms. The first kappa shape index (κ1) is 14.8. The first-order valence-corrected chi connectivity index (χ1v) is 7.34. The van der Waals surface area contributed by atoms with Crippen LogP contribution >= 0.6 is 23.2 Å². The smallest absolute Gasteiger partial charge is 0.365 e. The van der Waals surface area contributed by atoms with Gasteiger partial charge in [0.1, 0.15) is 0 Å². The molecule has 0 amide bonds. The molecular formula is C17H11Cl2NO2. The second-order valence-corrected chi connectivity index (χ2v) is 5.66. The maximum atomic E-state index is 12.0. The molecule has 2 aromatic carbocycles. The summed E-state index contributed by atoms with van der Waals surface area (Å²) in [5, 5.41) is 0.833. The number of aliphatic imine (C=N–C) groups is 1. The summed E-state index contributed by atoms with van der Waals surface area (Å²) in [4.78, 5) is 16.2. The van der Waals surface area contributed by atoms with Crippen molar-refractivity contribution in [1.29, 1.82) is 0 Å². The third kappa shape index (κ3) is 2.91. The van der Waals surface area contributed by atoms with Gasteiger partial charge in [0, 0.05) is 10.6 Å². The standard InChI is InChI=1S/C17H11Cl2NO2/c1-10-2-4-12(5-3-10)16-20-15(17(21)22-16)14(19)11-6-8-13(18)9-7-11/h2-9H,1H3/b15-14-. The van der Waals surface area contributed by atoms with Crippen LogP contribution in [0.5, 0.6) is 0 Å². The SMILES string of the molecule is Cc1ccc(C2=N/C(=C(\Cl)c3ccc(Cl)cc3)C(=O)O2)cc1. The summed E-state index contributed by atoms with van der Waals surface area (Å²) >= 11 is 12.1. The van der Waals surface area contributed by atoms with E-state index < -0.39 is 5.97 Å². The van der Waals surface area contributed by atoms with Crippen molar-refractivity contribution in [2.75, 3.05) is 0 Å². The fourth-order valence-corrected chi connectivity index (χ4v) is 2.37. The van der Waals surface area contributed by atoms with Crippen LogP contribution in [0.2, 0.25) is 5.02 Å². The number of hydrogen-bond donors (Lipinski definition) is 0. The Kier molecular flexibility index (Phi) is 4.01. The summed E-state index contributed by atoms with van der Waals surface area (Å²) < 4.78 is 5.21. The van der Waals surface area contributed by atoms with Gasteiger partial charge in [0.25, 0.3) is 0 Å². The Hall–Kier alpha value is -2.10. The Balaban J connectivity index is 2.00. The van der Waals surface area contributed by atoms with Crippen LogP contribution in [-0.2, 0) is 9.53 Å². The van der Waals surface area contributed by atoms with Gasteiger partial charge in [-0.15, -0.1) is 0 Å². The number of cyclic esters (lactones) is 1. The molecule has 22 heavy (non-hydrogen) atoms. The molecule has 2 aromatic rings. The Morgan fingerprint density at radius 2 is 1.68 bits per heavy atom. The van der Waals surface area contributed by atoms with E-state index in [4.69, 9.17) is 27.9 Å². The van der Waals surface area contributed by atoms with Crippen LogP contribution in [0.4, 0.5) is 0 Å². The Morgan fingerprint density at radius 3 is 2.32 bits per heavy atom. The monoisotopic (exact) mass is 331 g/mol. The largest absolute Gasteiger partial charge is 0.402 e. The minimum Gasteiger partial charge on any atom is -0.402 e. The summed E-state index contributed by atoms with van der Waals surface area (Å²) in [7, 11) is 0. The Bertz CT molecular complexity index is 790. The molecule has 1 aliphatic rings. The summed E-state index contributed by atoms with van der Waals surface area (Å²) in [5.74, 6) is -0.303. The second-order valence-electron chi connectivity index (χ2n) is 4.84. The minimum absolute atomic E-state index is 0.0968. The van der Waals surface area contributed by atoms with E-state index in [-0.39, 0.29) is 16.6 Å². The third-order valence-corrected chi connectivity index (χ3v) is 3.85. The molecule has 110 valence electrons. The molecule has 0 N–H and O–H groups in total. The van der Waals surface area contributed by atoms with E-state index in [0.717, 1.165) is 11.1 Å². The van der Waals surface area contributed by atoms with Crippen molar-refractivity contribution in [2.45, 2.75) is 6.92 Å². The topological polar surface area (TPSA) is 38.7 Å². The second kappa shape index (κ2) is 5.95. The van der Waals surface area contributed by atoms with Gasteiger partial charge in [-0.05, 0) is 36.8 Å². The van der Waals surface area contributed by atoms with Gasteiger partial charge in [-0.25, -0.2) is 9.79 Å². The van der Waals surface area contributed by atoms with Gasteiger partial charge in [0.2, 0.25) is 5.90 Å². The highest BCUT2D eigenvalue weighted by Crippen LogP contribution is 2.29. The molecule has 3 rings (SSSR count). The van der Waals surface area contributed by atoms with Gasteiger partial charge < -0.3 is 4.74 Å². The number of halogens is 2. The van der Waals surface area contributed by atoms with E-state index in [1.165, 1.54) is 0 Å². The van der Waals surface area contributed by atoms with Crippen LogP contribution in [0.3, 0.4) is 0 Å². The van der Waals surface area contributed by atoms with Crippen LogP contribution in [0.1, 0.15) is 16.7 Å². The van der Waals surface area contributed by atoms with Crippen molar-refractivity contribution in [2.24, 2.45) is 4.99 Å². The highest BCUT2D eigenvalue weighted by molar-refractivity contribution is 6.51. The van der Waals surface area contributed by atoms with Crippen molar-refractivity contribution in [3.8, 4) is 0 Å². The lowest BCUT2D eigenvalue weighted by atomic mass is 10.1. The van der Waals surface area contributed by atoms with E-state index in [2.05, 4.69) is 4.99 Å². The van der Waals surface area contributed by atoms with E-state index in [0.29, 0.717) is 10.6 Å². The number of aryl methyl sites for hydroxylation is 1. The number of nitrogens with zero attached hydrogens (tertiary/aromatic N) is 1. The summed E-state index contributed by atoms with van der Waals surface area (Å²) in [6, 6.07) is 14.4. The molecule has 1 aliphatic heterocycles. The first-order valence-electron chi connectivity index (χ1n) is 6.58. The van der Waals surface area contributed by atoms with Crippen LogP contribution in [-0.4, -0.2) is 11.9 Å². The zero-order valence-corrected chi connectivity index (χ0v) is 13.2. The van der Waals surface area contributed by atoms with Crippen LogP contribution < -0.4 is 0 Å². The van der Waals surface area contributed by atoms with Gasteiger partial charge in [-0.1, -0.05) is 53.0 Å². The molecule has 5 heteroatoms. The lowest BCUT2D eigenvalue weighted by Gasteiger charge is -2.00. The first-order chi connectivity index (χ1) is 10.5. The zero-order chi connectivity index (χ0) is 15.7. The van der Waals surface area contributed by atoms with Gasteiger partial charge in [-0.2, -0.15) is 0 Å². The van der Waals surface area contributed by atoms with Crippen molar-refractivity contribution in [3.63, 3.8) is 0 Å². The molecule has 0 aliphatic carbocycles. The predicted octanol–water partition coefficient (Wildman–Crippen LogP) is 4.56. The maximum Gasteiger partial charge on any atom is 0.365 e. The Labute approximate surface area is 137 Å². The molecule has 0 saturated carbocycles. The van der Waals surface area contributed by atoms with Crippen molar-refractivity contribution in [1.82, 2.24) is 0 Å². The van der Waals surface area contributed by atoms with Gasteiger partial charge >= 0.3 is 5.97 Å². The highest BCUT2D eigenvalue weighted by Gasteiger charge is 2.27. The zero-order valence-electron chi connectivity index (χ0n) is 11.6. The summed E-state index contributed by atoms with van der Waals surface area (Å²) in [6.45, 7) is 1.98. The third-order valence-electron chi connectivity index (χ3n) is 3.20. The molecule has 0 aromatic heterocycles. The molecule has 0 bridgehead atoms. The number of hydrogen-bond acceptors (Lipinski definition) is 3. The fourth-order valence-electron chi connectivity index (χ4n) is 2.00. The number of ether oxygens (including phenoxy) is 1. The highest BCUT2D eigenvalue weighted by atomic mass is 35.5. The van der Waals surface area contributed by atoms with Crippen molar-refractivity contribution in [3.05, 3.63) is 75.9 Å². The van der Waals surface area contributed by atoms with Gasteiger partial charge in [-0.3, -0.25) is 0 Å². The van der Waals surface area contributed by atoms with E-state index in [1.807, 2.05) is 31.2 Å². The van der Waals surface area contributed by atoms with Gasteiger partial charge in [0.05, 0.1) is 5.03 Å². The van der Waals surface area contributed by atoms with Crippen LogP contribution in [0.15, 0.2) is 59.2 Å². The number of esters is 1. The van der Waals surface area contributed by atoms with Crippen molar-refractivity contribution >= 4 is 40.1 Å². The van der Waals surface area contributed by atoms with E-state index in [9.17, 15) is 4.79 Å².